The van der Waals surface area contributed by atoms with Gasteiger partial charge in [-0.2, -0.15) is 0 Å². The Morgan fingerprint density at radius 3 is 2.00 bits per heavy atom. The summed E-state index contributed by atoms with van der Waals surface area (Å²) in [7, 11) is 0. The molecule has 0 N–H and O–H groups in total. The van der Waals surface area contributed by atoms with Crippen LogP contribution in [-0.2, 0) is 38.1 Å². The van der Waals surface area contributed by atoms with Crippen LogP contribution in [0.2, 0.25) is 0 Å². The van der Waals surface area contributed by atoms with Gasteiger partial charge in [0.2, 0.25) is 0 Å². The fourth-order valence-electron chi connectivity index (χ4n) is 2.27. The fraction of sp³-hybridized carbons (Fsp3) is 0.812. The van der Waals surface area contributed by atoms with Crippen LogP contribution >= 0.6 is 0 Å². The van der Waals surface area contributed by atoms with Gasteiger partial charge in [-0.25, -0.2) is 0 Å². The maximum atomic E-state index is 11.4. The number of rotatable bonds is 7. The van der Waals surface area contributed by atoms with Gasteiger partial charge in [0.15, 0.2) is 24.6 Å². The molecule has 0 amide bonds. The number of ether oxygens (including phenoxy) is 5. The van der Waals surface area contributed by atoms with Gasteiger partial charge in [0.25, 0.3) is 0 Å². The topological polar surface area (TPSA) is 97.4 Å². The van der Waals surface area contributed by atoms with E-state index in [0.29, 0.717) is 12.5 Å². The predicted molar refractivity (Wildman–Crippen MR) is 81.8 cm³/mol. The van der Waals surface area contributed by atoms with Crippen molar-refractivity contribution >= 4 is 17.9 Å². The lowest BCUT2D eigenvalue weighted by Gasteiger charge is -2.40. The van der Waals surface area contributed by atoms with Gasteiger partial charge >= 0.3 is 17.9 Å². The molecule has 0 radical (unpaired) electrons. The summed E-state index contributed by atoms with van der Waals surface area (Å²) in [4.78, 5) is 34.1. The lowest BCUT2D eigenvalue weighted by Crippen LogP contribution is -2.58. The van der Waals surface area contributed by atoms with Crippen LogP contribution in [0.1, 0.15) is 41.0 Å². The summed E-state index contributed by atoms with van der Waals surface area (Å²) in [6, 6.07) is 0. The predicted octanol–water partition coefficient (Wildman–Crippen LogP) is 1.20. The molecule has 4 atom stereocenters. The van der Waals surface area contributed by atoms with E-state index in [1.165, 1.54) is 20.8 Å². The number of hydrogen-bond donors (Lipinski definition) is 0. The smallest absolute Gasteiger partial charge is 0.303 e. The van der Waals surface area contributed by atoms with Crippen molar-refractivity contribution in [2.24, 2.45) is 5.92 Å². The average molecular weight is 346 g/mol. The third kappa shape index (κ3) is 6.84. The van der Waals surface area contributed by atoms with E-state index in [1.807, 2.05) is 13.8 Å². The van der Waals surface area contributed by atoms with Crippen molar-refractivity contribution in [3.8, 4) is 0 Å². The molecule has 1 aliphatic rings. The van der Waals surface area contributed by atoms with E-state index in [1.54, 1.807) is 0 Å². The molecule has 4 unspecified atom stereocenters. The minimum Gasteiger partial charge on any atom is -0.456 e. The van der Waals surface area contributed by atoms with Crippen LogP contribution in [0.5, 0.6) is 0 Å². The monoisotopic (exact) mass is 346 g/mol. The zero-order chi connectivity index (χ0) is 18.3. The highest BCUT2D eigenvalue weighted by Crippen LogP contribution is 2.25. The summed E-state index contributed by atoms with van der Waals surface area (Å²) in [6.45, 7) is 8.15. The van der Waals surface area contributed by atoms with Crippen LogP contribution in [0, 0.1) is 5.92 Å². The van der Waals surface area contributed by atoms with Crippen molar-refractivity contribution in [1.29, 1.82) is 0 Å². The van der Waals surface area contributed by atoms with Crippen LogP contribution in [0.25, 0.3) is 0 Å². The minimum absolute atomic E-state index is 0.0262. The molecular formula is C16H26O8. The molecule has 24 heavy (non-hydrogen) atoms. The van der Waals surface area contributed by atoms with Gasteiger partial charge in [-0.1, -0.05) is 13.8 Å². The van der Waals surface area contributed by atoms with Crippen LogP contribution in [-0.4, -0.2) is 55.7 Å². The first kappa shape index (κ1) is 20.4. The molecule has 0 saturated carbocycles. The van der Waals surface area contributed by atoms with E-state index in [2.05, 4.69) is 0 Å². The van der Waals surface area contributed by atoms with Gasteiger partial charge in [0, 0.05) is 20.8 Å². The van der Waals surface area contributed by atoms with Crippen molar-refractivity contribution in [1.82, 2.24) is 0 Å². The third-order valence-corrected chi connectivity index (χ3v) is 3.28. The van der Waals surface area contributed by atoms with Crippen LogP contribution in [0.3, 0.4) is 0 Å². The fourth-order valence-corrected chi connectivity index (χ4v) is 2.27. The molecule has 0 bridgehead atoms. The van der Waals surface area contributed by atoms with Crippen molar-refractivity contribution in [3.63, 3.8) is 0 Å². The van der Waals surface area contributed by atoms with Crippen LogP contribution in [0.15, 0.2) is 0 Å². The Morgan fingerprint density at radius 1 is 0.958 bits per heavy atom. The SMILES string of the molecule is CC(=O)OC1COC(OCCC(C)C)C(OC(C)=O)C1OC(C)=O. The summed E-state index contributed by atoms with van der Waals surface area (Å²) >= 11 is 0. The molecule has 8 heteroatoms. The summed E-state index contributed by atoms with van der Waals surface area (Å²) in [6.07, 6.45) is -2.99. The average Bonchev–Trinajstić information content (AvgIpc) is 2.42. The lowest BCUT2D eigenvalue weighted by molar-refractivity contribution is -0.281. The standard InChI is InChI=1S/C16H26O8/c1-9(2)6-7-20-16-15(24-12(5)19)14(23-11(4)18)13(8-21-16)22-10(3)17/h9,13-16H,6-8H2,1-5H3. The van der Waals surface area contributed by atoms with Crippen molar-refractivity contribution in [2.45, 2.75) is 65.6 Å². The maximum Gasteiger partial charge on any atom is 0.303 e. The Kier molecular flexibility index (Phi) is 8.14. The molecule has 0 aliphatic carbocycles. The van der Waals surface area contributed by atoms with Gasteiger partial charge in [-0.05, 0) is 12.3 Å². The molecule has 0 aromatic carbocycles. The second kappa shape index (κ2) is 9.58. The Balaban J connectivity index is 2.90. The van der Waals surface area contributed by atoms with Gasteiger partial charge in [-0.3, -0.25) is 14.4 Å². The van der Waals surface area contributed by atoms with Crippen molar-refractivity contribution in [2.75, 3.05) is 13.2 Å². The number of carbonyl (C=O) groups is 3. The zero-order valence-corrected chi connectivity index (χ0v) is 14.8. The molecule has 0 aromatic heterocycles. The van der Waals surface area contributed by atoms with E-state index in [9.17, 15) is 14.4 Å². The molecule has 1 saturated heterocycles. The molecule has 1 rings (SSSR count). The first-order chi connectivity index (χ1) is 11.2. The highest BCUT2D eigenvalue weighted by atomic mass is 16.7. The highest BCUT2D eigenvalue weighted by Gasteiger charge is 2.47. The van der Waals surface area contributed by atoms with Gasteiger partial charge in [-0.15, -0.1) is 0 Å². The number of carbonyl (C=O) groups excluding carboxylic acids is 3. The summed E-state index contributed by atoms with van der Waals surface area (Å²) in [5.41, 5.74) is 0. The maximum absolute atomic E-state index is 11.4. The molecule has 8 nitrogen and oxygen atoms in total. The third-order valence-electron chi connectivity index (χ3n) is 3.28. The minimum atomic E-state index is -1.02. The van der Waals surface area contributed by atoms with Crippen molar-refractivity contribution < 1.29 is 38.1 Å². The van der Waals surface area contributed by atoms with E-state index < -0.39 is 42.5 Å². The van der Waals surface area contributed by atoms with E-state index in [4.69, 9.17) is 23.7 Å². The molecule has 138 valence electrons. The van der Waals surface area contributed by atoms with Crippen LogP contribution < -0.4 is 0 Å². The van der Waals surface area contributed by atoms with Crippen molar-refractivity contribution in [3.05, 3.63) is 0 Å². The summed E-state index contributed by atoms with van der Waals surface area (Å²) in [5, 5.41) is 0. The number of esters is 3. The Labute approximate surface area is 141 Å². The second-order valence-corrected chi connectivity index (χ2v) is 6.05. The van der Waals surface area contributed by atoms with Gasteiger partial charge in [0.05, 0.1) is 13.2 Å². The first-order valence-corrected chi connectivity index (χ1v) is 7.95. The van der Waals surface area contributed by atoms with Crippen LogP contribution in [0.4, 0.5) is 0 Å². The van der Waals surface area contributed by atoms with E-state index >= 15 is 0 Å². The quantitative estimate of drug-likeness (QED) is 0.501. The Hall–Kier alpha value is -1.67. The highest BCUT2D eigenvalue weighted by molar-refractivity contribution is 5.68. The molecule has 1 aliphatic heterocycles. The number of hydrogen-bond acceptors (Lipinski definition) is 8. The largest absolute Gasteiger partial charge is 0.456 e. The molecule has 1 heterocycles. The summed E-state index contributed by atoms with van der Waals surface area (Å²) < 4.78 is 26.7. The normalized spacial score (nSPS) is 26.8. The zero-order valence-electron chi connectivity index (χ0n) is 14.8. The van der Waals surface area contributed by atoms with E-state index in [0.717, 1.165) is 6.42 Å². The van der Waals surface area contributed by atoms with E-state index in [-0.39, 0.29) is 6.61 Å². The molecule has 0 spiro atoms. The Morgan fingerprint density at radius 2 is 1.50 bits per heavy atom. The molecular weight excluding hydrogens is 320 g/mol. The molecule has 1 fully saturated rings. The molecule has 0 aromatic rings. The summed E-state index contributed by atoms with van der Waals surface area (Å²) in [5.74, 6) is -1.29. The van der Waals surface area contributed by atoms with Gasteiger partial charge < -0.3 is 23.7 Å². The second-order valence-electron chi connectivity index (χ2n) is 6.05. The first-order valence-electron chi connectivity index (χ1n) is 7.95. The lowest BCUT2D eigenvalue weighted by atomic mass is 10.0. The van der Waals surface area contributed by atoms with Gasteiger partial charge in [0.1, 0.15) is 0 Å². The Bertz CT molecular complexity index is 447.